The molecule has 0 aliphatic heterocycles. The third kappa shape index (κ3) is 4.81. The monoisotopic (exact) mass is 312 g/mol. The van der Waals surface area contributed by atoms with E-state index < -0.39 is 0 Å². The highest BCUT2D eigenvalue weighted by molar-refractivity contribution is 6.01. The van der Waals surface area contributed by atoms with Crippen LogP contribution in [0.2, 0.25) is 0 Å². The van der Waals surface area contributed by atoms with E-state index >= 15 is 0 Å². The number of benzene rings is 1. The number of carbonyl (C=O) groups is 1. The zero-order valence-electron chi connectivity index (χ0n) is 14.1. The minimum absolute atomic E-state index is 0.118. The van der Waals surface area contributed by atoms with Crippen LogP contribution in [0.3, 0.4) is 0 Å². The lowest BCUT2D eigenvalue weighted by atomic mass is 9.85. The summed E-state index contributed by atoms with van der Waals surface area (Å²) in [6.07, 6.45) is 4.30. The third-order valence-corrected chi connectivity index (χ3v) is 4.14. The van der Waals surface area contributed by atoms with E-state index in [9.17, 15) is 4.79 Å². The first-order chi connectivity index (χ1) is 11.0. The molecule has 1 aliphatic carbocycles. The molecule has 0 spiro atoms. The number of hydrazone groups is 1. The number of hydrogen-bond donors (Lipinski definition) is 1. The summed E-state index contributed by atoms with van der Waals surface area (Å²) < 4.78 is 5.11. The molecule has 1 aromatic carbocycles. The van der Waals surface area contributed by atoms with Crippen LogP contribution in [0.1, 0.15) is 32.3 Å². The van der Waals surface area contributed by atoms with Gasteiger partial charge in [-0.25, -0.2) is 5.43 Å². The van der Waals surface area contributed by atoms with E-state index in [0.717, 1.165) is 41.0 Å². The zero-order chi connectivity index (χ0) is 16.8. The van der Waals surface area contributed by atoms with Gasteiger partial charge in [-0.15, -0.1) is 0 Å². The fourth-order valence-corrected chi connectivity index (χ4v) is 2.52. The predicted molar refractivity (Wildman–Crippen MR) is 93.6 cm³/mol. The molecule has 0 radical (unpaired) electrons. The minimum atomic E-state index is -0.118. The van der Waals surface area contributed by atoms with E-state index in [0.29, 0.717) is 12.3 Å². The molecule has 1 aliphatic rings. The number of nitrogens with zero attached hydrogens (tertiary/aromatic N) is 1. The van der Waals surface area contributed by atoms with Crippen molar-refractivity contribution in [2.45, 2.75) is 33.1 Å². The Morgan fingerprint density at radius 2 is 2.09 bits per heavy atom. The normalized spacial score (nSPS) is 19.2. The van der Waals surface area contributed by atoms with Crippen LogP contribution in [0.5, 0.6) is 5.75 Å². The number of rotatable bonds is 5. The fraction of sp³-hybridized carbons (Fsp3) is 0.368. The van der Waals surface area contributed by atoms with Crippen LogP contribution < -0.4 is 10.2 Å². The molecule has 0 bridgehead atoms. The molecule has 0 saturated heterocycles. The third-order valence-electron chi connectivity index (χ3n) is 4.14. The number of methoxy groups -OCH3 is 1. The van der Waals surface area contributed by atoms with Gasteiger partial charge in [0.15, 0.2) is 0 Å². The highest BCUT2D eigenvalue weighted by Gasteiger charge is 2.18. The SMILES string of the molecule is C=C(C)[C@H]1CC=C(C)/C(=N/NC(=O)Cc2ccc(OC)cc2)C1. The molecular formula is C19H24N2O2. The lowest BCUT2D eigenvalue weighted by molar-refractivity contribution is -0.120. The van der Waals surface area contributed by atoms with Crippen LogP contribution in [0.15, 0.2) is 53.2 Å². The first kappa shape index (κ1) is 17.0. The van der Waals surface area contributed by atoms with E-state index in [4.69, 9.17) is 4.74 Å². The van der Waals surface area contributed by atoms with Gasteiger partial charge >= 0.3 is 0 Å². The number of allylic oxidation sites excluding steroid dienone is 3. The molecule has 4 nitrogen and oxygen atoms in total. The molecule has 2 rings (SSSR count). The van der Waals surface area contributed by atoms with Gasteiger partial charge in [0, 0.05) is 0 Å². The van der Waals surface area contributed by atoms with Crippen molar-refractivity contribution in [3.05, 3.63) is 53.6 Å². The average molecular weight is 312 g/mol. The van der Waals surface area contributed by atoms with Gasteiger partial charge in [-0.05, 0) is 55.9 Å². The van der Waals surface area contributed by atoms with E-state index in [1.54, 1.807) is 7.11 Å². The van der Waals surface area contributed by atoms with Gasteiger partial charge in [0.1, 0.15) is 5.75 Å². The largest absolute Gasteiger partial charge is 0.497 e. The molecule has 4 heteroatoms. The summed E-state index contributed by atoms with van der Waals surface area (Å²) >= 11 is 0. The summed E-state index contributed by atoms with van der Waals surface area (Å²) in [6, 6.07) is 7.46. The summed E-state index contributed by atoms with van der Waals surface area (Å²) in [4.78, 5) is 12.0. The van der Waals surface area contributed by atoms with Crippen molar-refractivity contribution in [1.29, 1.82) is 0 Å². The molecule has 0 saturated carbocycles. The van der Waals surface area contributed by atoms with Gasteiger partial charge in [-0.1, -0.05) is 30.4 Å². The van der Waals surface area contributed by atoms with E-state index in [1.807, 2.05) is 38.1 Å². The summed E-state index contributed by atoms with van der Waals surface area (Å²) in [6.45, 7) is 8.09. The van der Waals surface area contributed by atoms with Crippen molar-refractivity contribution in [1.82, 2.24) is 5.43 Å². The van der Waals surface area contributed by atoms with Crippen LogP contribution in [0.25, 0.3) is 0 Å². The molecule has 1 amide bonds. The van der Waals surface area contributed by atoms with Crippen molar-refractivity contribution in [2.75, 3.05) is 7.11 Å². The Morgan fingerprint density at radius 1 is 1.39 bits per heavy atom. The van der Waals surface area contributed by atoms with Crippen molar-refractivity contribution < 1.29 is 9.53 Å². The standard InChI is InChI=1S/C19H24N2O2/c1-13(2)16-8-5-14(3)18(12-16)20-21-19(22)11-15-6-9-17(23-4)10-7-15/h5-7,9-10,16H,1,8,11-12H2,2-4H3,(H,21,22)/b20-18+/t16-/m0/s1. The van der Waals surface area contributed by atoms with Gasteiger partial charge in [-0.2, -0.15) is 5.10 Å². The topological polar surface area (TPSA) is 50.7 Å². The number of hydrogen-bond acceptors (Lipinski definition) is 3. The average Bonchev–Trinajstić information content (AvgIpc) is 2.54. The van der Waals surface area contributed by atoms with E-state index in [1.165, 1.54) is 0 Å². The molecule has 1 atom stereocenters. The quantitative estimate of drug-likeness (QED) is 0.666. The van der Waals surface area contributed by atoms with Gasteiger partial charge in [0.25, 0.3) is 0 Å². The number of carbonyl (C=O) groups excluding carboxylic acids is 1. The summed E-state index contributed by atoms with van der Waals surface area (Å²) in [5.74, 6) is 1.08. The maximum absolute atomic E-state index is 12.0. The molecular weight excluding hydrogens is 288 g/mol. The first-order valence-electron chi connectivity index (χ1n) is 7.80. The minimum Gasteiger partial charge on any atom is -0.497 e. The van der Waals surface area contributed by atoms with Crippen LogP contribution in [0, 0.1) is 5.92 Å². The van der Waals surface area contributed by atoms with Gasteiger partial charge in [0.2, 0.25) is 5.91 Å². The lowest BCUT2D eigenvalue weighted by Crippen LogP contribution is -2.24. The second-order valence-electron chi connectivity index (χ2n) is 5.99. The van der Waals surface area contributed by atoms with E-state index in [-0.39, 0.29) is 5.91 Å². The maximum Gasteiger partial charge on any atom is 0.244 e. The summed E-state index contributed by atoms with van der Waals surface area (Å²) in [5, 5.41) is 4.31. The zero-order valence-corrected chi connectivity index (χ0v) is 14.1. The molecule has 23 heavy (non-hydrogen) atoms. The predicted octanol–water partition coefficient (Wildman–Crippen LogP) is 3.64. The molecule has 1 aromatic rings. The Bertz CT molecular complexity index is 642. The molecule has 1 N–H and O–H groups in total. The lowest BCUT2D eigenvalue weighted by Gasteiger charge is -2.22. The number of ether oxygens (including phenoxy) is 1. The van der Waals surface area contributed by atoms with Crippen LogP contribution >= 0.6 is 0 Å². The van der Waals surface area contributed by atoms with Gasteiger partial charge in [0.05, 0.1) is 19.2 Å². The second-order valence-corrected chi connectivity index (χ2v) is 5.99. The Kier molecular flexibility index (Phi) is 5.74. The molecule has 0 fully saturated rings. The van der Waals surface area contributed by atoms with Crippen molar-refractivity contribution in [2.24, 2.45) is 11.0 Å². The van der Waals surface area contributed by atoms with Crippen LogP contribution in [-0.4, -0.2) is 18.7 Å². The smallest absolute Gasteiger partial charge is 0.244 e. The van der Waals surface area contributed by atoms with Crippen LogP contribution in [-0.2, 0) is 11.2 Å². The Balaban J connectivity index is 1.95. The first-order valence-corrected chi connectivity index (χ1v) is 7.80. The highest BCUT2D eigenvalue weighted by Crippen LogP contribution is 2.26. The highest BCUT2D eigenvalue weighted by atomic mass is 16.5. The Morgan fingerprint density at radius 3 is 2.70 bits per heavy atom. The second kappa shape index (κ2) is 7.77. The van der Waals surface area contributed by atoms with Gasteiger partial charge in [-0.3, -0.25) is 4.79 Å². The molecule has 0 unspecified atom stereocenters. The van der Waals surface area contributed by atoms with Crippen molar-refractivity contribution in [3.63, 3.8) is 0 Å². The van der Waals surface area contributed by atoms with Crippen molar-refractivity contribution in [3.8, 4) is 5.75 Å². The Hall–Kier alpha value is -2.36. The van der Waals surface area contributed by atoms with E-state index in [2.05, 4.69) is 23.2 Å². The van der Waals surface area contributed by atoms with Gasteiger partial charge < -0.3 is 4.74 Å². The Labute approximate surface area is 137 Å². The molecule has 0 heterocycles. The number of amides is 1. The van der Waals surface area contributed by atoms with Crippen LogP contribution in [0.4, 0.5) is 0 Å². The molecule has 122 valence electrons. The maximum atomic E-state index is 12.0. The van der Waals surface area contributed by atoms with Crippen molar-refractivity contribution >= 4 is 11.6 Å². The summed E-state index contributed by atoms with van der Waals surface area (Å²) in [7, 11) is 1.62. The number of nitrogens with one attached hydrogen (secondary N) is 1. The molecule has 0 aromatic heterocycles. The fourth-order valence-electron chi connectivity index (χ4n) is 2.52. The summed E-state index contributed by atoms with van der Waals surface area (Å²) in [5.41, 5.74) is 6.82.